The summed E-state index contributed by atoms with van der Waals surface area (Å²) in [5.74, 6) is 0.588. The molecule has 7 heteroatoms. The summed E-state index contributed by atoms with van der Waals surface area (Å²) in [7, 11) is 1.62. The monoisotopic (exact) mass is 351 g/mol. The number of H-pyrrole nitrogens is 1. The van der Waals surface area contributed by atoms with Gasteiger partial charge in [-0.25, -0.2) is 0 Å². The first-order chi connectivity index (χ1) is 12.7. The van der Waals surface area contributed by atoms with Gasteiger partial charge in [-0.2, -0.15) is 5.10 Å². The maximum absolute atomic E-state index is 12.2. The SMILES string of the molecule is COc1ccc(-c2cc(C(=O)NCCNc3ccncc3C)[nH]n2)cc1. The van der Waals surface area contributed by atoms with E-state index in [1.54, 1.807) is 25.6 Å². The Hall–Kier alpha value is -3.35. The van der Waals surface area contributed by atoms with Crippen molar-refractivity contribution in [2.45, 2.75) is 6.92 Å². The summed E-state index contributed by atoms with van der Waals surface area (Å²) in [6.07, 6.45) is 3.53. The summed E-state index contributed by atoms with van der Waals surface area (Å²) in [5.41, 5.74) is 4.13. The Labute approximate surface area is 151 Å². The molecule has 0 aliphatic rings. The van der Waals surface area contributed by atoms with Gasteiger partial charge in [0.1, 0.15) is 11.4 Å². The average Bonchev–Trinajstić information content (AvgIpc) is 3.17. The smallest absolute Gasteiger partial charge is 0.269 e. The van der Waals surface area contributed by atoms with Crippen LogP contribution in [0.2, 0.25) is 0 Å². The van der Waals surface area contributed by atoms with Crippen molar-refractivity contribution in [2.75, 3.05) is 25.5 Å². The Bertz CT molecular complexity index is 874. The minimum atomic E-state index is -0.189. The van der Waals surface area contributed by atoms with E-state index in [9.17, 15) is 4.79 Å². The van der Waals surface area contributed by atoms with Crippen LogP contribution in [0, 0.1) is 6.92 Å². The van der Waals surface area contributed by atoms with Crippen molar-refractivity contribution < 1.29 is 9.53 Å². The largest absolute Gasteiger partial charge is 0.497 e. The zero-order chi connectivity index (χ0) is 18.4. The molecule has 1 amide bonds. The molecule has 0 unspecified atom stereocenters. The van der Waals surface area contributed by atoms with Crippen molar-refractivity contribution in [3.63, 3.8) is 0 Å². The van der Waals surface area contributed by atoms with E-state index in [2.05, 4.69) is 25.8 Å². The molecule has 0 bridgehead atoms. The quantitative estimate of drug-likeness (QED) is 0.569. The number of rotatable bonds is 7. The maximum atomic E-state index is 12.2. The third-order valence-electron chi connectivity index (χ3n) is 3.95. The first-order valence-corrected chi connectivity index (χ1v) is 8.30. The van der Waals surface area contributed by atoms with Gasteiger partial charge in [-0.15, -0.1) is 0 Å². The second-order valence-electron chi connectivity index (χ2n) is 5.77. The minimum Gasteiger partial charge on any atom is -0.497 e. The molecular formula is C19H21N5O2. The molecule has 3 rings (SSSR count). The summed E-state index contributed by atoms with van der Waals surface area (Å²) < 4.78 is 5.14. The molecule has 3 aromatic rings. The van der Waals surface area contributed by atoms with Gasteiger partial charge in [0.15, 0.2) is 0 Å². The topological polar surface area (TPSA) is 91.9 Å². The average molecular weight is 351 g/mol. The number of ether oxygens (including phenoxy) is 1. The van der Waals surface area contributed by atoms with Crippen molar-refractivity contribution in [3.8, 4) is 17.0 Å². The van der Waals surface area contributed by atoms with Gasteiger partial charge >= 0.3 is 0 Å². The summed E-state index contributed by atoms with van der Waals surface area (Å²) in [4.78, 5) is 16.3. The lowest BCUT2D eigenvalue weighted by atomic mass is 10.1. The standard InChI is InChI=1S/C19H21N5O2/c1-13-12-20-8-7-16(13)21-9-10-22-19(25)18-11-17(23-24-18)14-3-5-15(26-2)6-4-14/h3-8,11-12H,9-10H2,1-2H3,(H,20,21)(H,22,25)(H,23,24). The van der Waals surface area contributed by atoms with Crippen LogP contribution in [0.25, 0.3) is 11.3 Å². The van der Waals surface area contributed by atoms with Gasteiger partial charge in [-0.3, -0.25) is 14.9 Å². The van der Waals surface area contributed by atoms with Gasteiger partial charge in [0.05, 0.1) is 12.8 Å². The van der Waals surface area contributed by atoms with Crippen molar-refractivity contribution in [3.05, 3.63) is 60.0 Å². The summed E-state index contributed by atoms with van der Waals surface area (Å²) in [6.45, 7) is 3.10. The minimum absolute atomic E-state index is 0.189. The van der Waals surface area contributed by atoms with Crippen LogP contribution in [0.4, 0.5) is 5.69 Å². The van der Waals surface area contributed by atoms with E-state index in [4.69, 9.17) is 4.74 Å². The highest BCUT2D eigenvalue weighted by molar-refractivity contribution is 5.93. The van der Waals surface area contributed by atoms with Crippen LogP contribution in [0.15, 0.2) is 48.8 Å². The number of pyridine rings is 1. The third kappa shape index (κ3) is 4.18. The van der Waals surface area contributed by atoms with Gasteiger partial charge < -0.3 is 15.4 Å². The molecule has 0 saturated carbocycles. The highest BCUT2D eigenvalue weighted by Crippen LogP contribution is 2.21. The number of anilines is 1. The molecule has 7 nitrogen and oxygen atoms in total. The number of aryl methyl sites for hydroxylation is 1. The molecular weight excluding hydrogens is 330 g/mol. The highest BCUT2D eigenvalue weighted by Gasteiger charge is 2.10. The van der Waals surface area contributed by atoms with E-state index >= 15 is 0 Å². The fourth-order valence-electron chi connectivity index (χ4n) is 2.49. The van der Waals surface area contributed by atoms with E-state index in [0.717, 1.165) is 22.6 Å². The van der Waals surface area contributed by atoms with E-state index < -0.39 is 0 Å². The van der Waals surface area contributed by atoms with Crippen molar-refractivity contribution in [1.82, 2.24) is 20.5 Å². The Balaban J connectivity index is 1.52. The fourth-order valence-corrected chi connectivity index (χ4v) is 2.49. The molecule has 2 aromatic heterocycles. The number of aromatic nitrogens is 3. The molecule has 0 aliphatic heterocycles. The molecule has 0 aliphatic carbocycles. The Kier molecular flexibility index (Phi) is 5.48. The van der Waals surface area contributed by atoms with Gasteiger partial charge in [-0.1, -0.05) is 0 Å². The number of carbonyl (C=O) groups excluding carboxylic acids is 1. The van der Waals surface area contributed by atoms with Crippen LogP contribution < -0.4 is 15.4 Å². The summed E-state index contributed by atoms with van der Waals surface area (Å²) in [6, 6.07) is 11.2. The number of amides is 1. The molecule has 0 atom stereocenters. The lowest BCUT2D eigenvalue weighted by Crippen LogP contribution is -2.29. The van der Waals surface area contributed by atoms with Gasteiger partial charge in [0, 0.05) is 36.7 Å². The number of nitrogens with one attached hydrogen (secondary N) is 3. The molecule has 0 saturated heterocycles. The highest BCUT2D eigenvalue weighted by atomic mass is 16.5. The Morgan fingerprint density at radius 2 is 2.00 bits per heavy atom. The van der Waals surface area contributed by atoms with Crippen molar-refractivity contribution in [2.24, 2.45) is 0 Å². The number of carbonyl (C=O) groups is 1. The lowest BCUT2D eigenvalue weighted by molar-refractivity contribution is 0.0950. The molecule has 0 fully saturated rings. The second kappa shape index (κ2) is 8.15. The molecule has 134 valence electrons. The first kappa shape index (κ1) is 17.5. The number of methoxy groups -OCH3 is 1. The van der Waals surface area contributed by atoms with Crippen LogP contribution in [-0.4, -0.2) is 41.3 Å². The molecule has 2 heterocycles. The van der Waals surface area contributed by atoms with Crippen LogP contribution in [-0.2, 0) is 0 Å². The van der Waals surface area contributed by atoms with Gasteiger partial charge in [0.2, 0.25) is 0 Å². The number of benzene rings is 1. The normalized spacial score (nSPS) is 10.4. The van der Waals surface area contributed by atoms with Crippen LogP contribution in [0.5, 0.6) is 5.75 Å². The maximum Gasteiger partial charge on any atom is 0.269 e. The van der Waals surface area contributed by atoms with Crippen molar-refractivity contribution >= 4 is 11.6 Å². The fraction of sp³-hybridized carbons (Fsp3) is 0.211. The predicted octanol–water partition coefficient (Wildman–Crippen LogP) is 2.63. The number of aromatic amines is 1. The molecule has 0 spiro atoms. The zero-order valence-corrected chi connectivity index (χ0v) is 14.7. The van der Waals surface area contributed by atoms with Crippen LogP contribution in [0.3, 0.4) is 0 Å². The van der Waals surface area contributed by atoms with E-state index in [1.165, 1.54) is 0 Å². The van der Waals surface area contributed by atoms with Gasteiger partial charge in [0.25, 0.3) is 5.91 Å². The first-order valence-electron chi connectivity index (χ1n) is 8.30. The van der Waals surface area contributed by atoms with E-state index in [1.807, 2.05) is 37.3 Å². The van der Waals surface area contributed by atoms with Crippen molar-refractivity contribution in [1.29, 1.82) is 0 Å². The molecule has 1 aromatic carbocycles. The molecule has 0 radical (unpaired) electrons. The Morgan fingerprint density at radius 3 is 2.73 bits per heavy atom. The molecule has 3 N–H and O–H groups in total. The number of hydrogen-bond acceptors (Lipinski definition) is 5. The predicted molar refractivity (Wildman–Crippen MR) is 100 cm³/mol. The number of nitrogens with zero attached hydrogens (tertiary/aromatic N) is 2. The van der Waals surface area contributed by atoms with E-state index in [0.29, 0.717) is 24.5 Å². The zero-order valence-electron chi connectivity index (χ0n) is 14.7. The Morgan fingerprint density at radius 1 is 1.19 bits per heavy atom. The van der Waals surface area contributed by atoms with Crippen LogP contribution >= 0.6 is 0 Å². The summed E-state index contributed by atoms with van der Waals surface area (Å²) >= 11 is 0. The lowest BCUT2D eigenvalue weighted by Gasteiger charge is -2.09. The van der Waals surface area contributed by atoms with Gasteiger partial charge in [-0.05, 0) is 48.9 Å². The second-order valence-corrected chi connectivity index (χ2v) is 5.77. The van der Waals surface area contributed by atoms with Crippen LogP contribution in [0.1, 0.15) is 16.1 Å². The van der Waals surface area contributed by atoms with E-state index in [-0.39, 0.29) is 5.91 Å². The summed E-state index contributed by atoms with van der Waals surface area (Å²) in [5, 5.41) is 13.1. The third-order valence-corrected chi connectivity index (χ3v) is 3.95. The molecule has 26 heavy (non-hydrogen) atoms. The number of hydrogen-bond donors (Lipinski definition) is 3.